The van der Waals surface area contributed by atoms with Gasteiger partial charge in [-0.25, -0.2) is 4.98 Å². The maximum absolute atomic E-state index is 5.58. The molecule has 5 nitrogen and oxygen atoms in total. The molecule has 27 heavy (non-hydrogen) atoms. The van der Waals surface area contributed by atoms with Crippen molar-refractivity contribution in [2.45, 2.75) is 26.7 Å². The van der Waals surface area contributed by atoms with Crippen LogP contribution in [-0.2, 0) is 19.8 Å². The van der Waals surface area contributed by atoms with Crippen LogP contribution in [0.25, 0.3) is 11.0 Å². The Bertz CT molecular complexity index is 1050. The molecule has 0 amide bonds. The first kappa shape index (κ1) is 16.1. The molecule has 0 saturated heterocycles. The van der Waals surface area contributed by atoms with Crippen LogP contribution in [0.2, 0.25) is 0 Å². The van der Waals surface area contributed by atoms with Gasteiger partial charge in [0.2, 0.25) is 5.95 Å². The predicted molar refractivity (Wildman–Crippen MR) is 106 cm³/mol. The van der Waals surface area contributed by atoms with Gasteiger partial charge in [0.25, 0.3) is 0 Å². The molecule has 1 aliphatic rings. The van der Waals surface area contributed by atoms with Crippen LogP contribution in [0.5, 0.6) is 0 Å². The molecule has 0 spiro atoms. The minimum Gasteiger partial charge on any atom is -0.468 e. The molecule has 2 aromatic heterocycles. The van der Waals surface area contributed by atoms with E-state index in [0.717, 1.165) is 43.7 Å². The Morgan fingerprint density at radius 2 is 1.85 bits per heavy atom. The van der Waals surface area contributed by atoms with Crippen LogP contribution >= 0.6 is 0 Å². The molecule has 0 aliphatic carbocycles. The van der Waals surface area contributed by atoms with Gasteiger partial charge in [-0.3, -0.25) is 9.47 Å². The first-order valence-corrected chi connectivity index (χ1v) is 9.27. The van der Waals surface area contributed by atoms with Gasteiger partial charge in [-0.05, 0) is 42.3 Å². The topological polar surface area (TPSA) is 37.4 Å². The molecule has 5 heteroatoms. The highest BCUT2D eigenvalue weighted by atomic mass is 16.3. The van der Waals surface area contributed by atoms with E-state index in [-0.39, 0.29) is 0 Å². The lowest BCUT2D eigenvalue weighted by molar-refractivity contribution is 0.176. The molecule has 5 rings (SSSR count). The van der Waals surface area contributed by atoms with Crippen LogP contribution in [0, 0.1) is 6.92 Å². The third-order valence-corrected chi connectivity index (χ3v) is 5.05. The molecule has 0 fully saturated rings. The summed E-state index contributed by atoms with van der Waals surface area (Å²) in [5, 5.41) is 0. The fourth-order valence-electron chi connectivity index (χ4n) is 3.80. The van der Waals surface area contributed by atoms with Crippen molar-refractivity contribution in [1.29, 1.82) is 0 Å². The van der Waals surface area contributed by atoms with Crippen molar-refractivity contribution in [2.75, 3.05) is 11.6 Å². The smallest absolute Gasteiger partial charge is 0.209 e. The molecule has 0 bridgehead atoms. The van der Waals surface area contributed by atoms with E-state index in [1.54, 1.807) is 6.26 Å². The number of hydrogen-bond donors (Lipinski definition) is 0. The number of furan rings is 1. The molecular weight excluding hydrogens is 336 g/mol. The van der Waals surface area contributed by atoms with E-state index in [1.807, 2.05) is 12.1 Å². The van der Waals surface area contributed by atoms with E-state index in [9.17, 15) is 0 Å². The summed E-state index contributed by atoms with van der Waals surface area (Å²) in [4.78, 5) is 9.69. The second-order valence-corrected chi connectivity index (χ2v) is 7.21. The van der Waals surface area contributed by atoms with E-state index in [0.29, 0.717) is 0 Å². The van der Waals surface area contributed by atoms with E-state index in [4.69, 9.17) is 9.40 Å². The van der Waals surface area contributed by atoms with Crippen LogP contribution in [-0.4, -0.2) is 21.1 Å². The van der Waals surface area contributed by atoms with Crippen molar-refractivity contribution in [1.82, 2.24) is 14.5 Å². The number of hydrogen-bond acceptors (Lipinski definition) is 4. The average molecular weight is 358 g/mol. The van der Waals surface area contributed by atoms with Gasteiger partial charge >= 0.3 is 0 Å². The van der Waals surface area contributed by atoms with E-state index < -0.39 is 0 Å². The Kier molecular flexibility index (Phi) is 3.94. The van der Waals surface area contributed by atoms with Crippen molar-refractivity contribution in [3.63, 3.8) is 0 Å². The lowest BCUT2D eigenvalue weighted by Crippen LogP contribution is -2.44. The average Bonchev–Trinajstić information content (AvgIpc) is 3.30. The van der Waals surface area contributed by atoms with Crippen molar-refractivity contribution in [2.24, 2.45) is 0 Å². The maximum Gasteiger partial charge on any atom is 0.209 e. The summed E-state index contributed by atoms with van der Waals surface area (Å²) in [5.74, 6) is 2.02. The second kappa shape index (κ2) is 6.59. The monoisotopic (exact) mass is 358 g/mol. The van der Waals surface area contributed by atoms with Crippen molar-refractivity contribution >= 4 is 17.0 Å². The largest absolute Gasteiger partial charge is 0.468 e. The summed E-state index contributed by atoms with van der Waals surface area (Å²) in [6, 6.07) is 21.1. The predicted octanol–water partition coefficient (Wildman–Crippen LogP) is 4.38. The summed E-state index contributed by atoms with van der Waals surface area (Å²) in [6.45, 7) is 5.35. The number of aryl methyl sites for hydroxylation is 1. The molecule has 0 radical (unpaired) electrons. The van der Waals surface area contributed by atoms with Crippen LogP contribution < -0.4 is 4.90 Å². The summed E-state index contributed by atoms with van der Waals surface area (Å²) >= 11 is 0. The Morgan fingerprint density at radius 3 is 2.67 bits per heavy atom. The Hall–Kier alpha value is -3.05. The van der Waals surface area contributed by atoms with Crippen LogP contribution in [0.1, 0.15) is 16.9 Å². The fourth-order valence-corrected chi connectivity index (χ4v) is 3.80. The highest BCUT2D eigenvalue weighted by Crippen LogP contribution is 2.29. The molecule has 0 unspecified atom stereocenters. The number of nitrogens with zero attached hydrogens (tertiary/aromatic N) is 4. The lowest BCUT2D eigenvalue weighted by atomic mass is 10.2. The highest BCUT2D eigenvalue weighted by molar-refractivity contribution is 5.79. The quantitative estimate of drug-likeness (QED) is 0.543. The van der Waals surface area contributed by atoms with Gasteiger partial charge in [0.05, 0.1) is 37.2 Å². The zero-order valence-electron chi connectivity index (χ0n) is 15.4. The molecule has 0 N–H and O–H groups in total. The summed E-state index contributed by atoms with van der Waals surface area (Å²) in [5.41, 5.74) is 4.76. The van der Waals surface area contributed by atoms with Gasteiger partial charge in [-0.15, -0.1) is 0 Å². The SMILES string of the molecule is Cc1ccc2c(c1)nc1n2CN(Cc2ccco2)CN1Cc1ccccc1. The molecule has 2 aromatic carbocycles. The molecule has 136 valence electrons. The molecule has 0 saturated carbocycles. The summed E-state index contributed by atoms with van der Waals surface area (Å²) in [7, 11) is 0. The van der Waals surface area contributed by atoms with Gasteiger partial charge in [-0.2, -0.15) is 0 Å². The summed E-state index contributed by atoms with van der Waals surface area (Å²) in [6.07, 6.45) is 1.74. The van der Waals surface area contributed by atoms with Gasteiger partial charge in [0.1, 0.15) is 5.76 Å². The maximum atomic E-state index is 5.58. The first-order valence-electron chi connectivity index (χ1n) is 9.27. The second-order valence-electron chi connectivity index (χ2n) is 7.21. The van der Waals surface area contributed by atoms with Gasteiger partial charge in [0, 0.05) is 6.54 Å². The Labute approximate surface area is 158 Å². The standard InChI is InChI=1S/C22H22N4O/c1-17-9-10-21-20(12-17)23-22-25(13-18-6-3-2-4-7-18)15-24(16-26(21)22)14-19-8-5-11-27-19/h2-12H,13-16H2,1H3. The summed E-state index contributed by atoms with van der Waals surface area (Å²) < 4.78 is 7.89. The number of fused-ring (bicyclic) bond motifs is 3. The van der Waals surface area contributed by atoms with E-state index in [1.165, 1.54) is 16.6 Å². The van der Waals surface area contributed by atoms with Gasteiger partial charge in [0.15, 0.2) is 0 Å². The van der Waals surface area contributed by atoms with E-state index in [2.05, 4.69) is 69.8 Å². The number of rotatable bonds is 4. The molecule has 3 heterocycles. The Morgan fingerprint density at radius 1 is 0.963 bits per heavy atom. The van der Waals surface area contributed by atoms with Crippen molar-refractivity contribution < 1.29 is 4.42 Å². The van der Waals surface area contributed by atoms with Crippen LogP contribution in [0.4, 0.5) is 5.95 Å². The van der Waals surface area contributed by atoms with Crippen LogP contribution in [0.3, 0.4) is 0 Å². The first-order chi connectivity index (χ1) is 13.3. The highest BCUT2D eigenvalue weighted by Gasteiger charge is 2.26. The molecular formula is C22H22N4O. The normalized spacial score (nSPS) is 14.6. The zero-order valence-corrected chi connectivity index (χ0v) is 15.4. The van der Waals surface area contributed by atoms with Gasteiger partial charge < -0.3 is 9.32 Å². The van der Waals surface area contributed by atoms with Gasteiger partial charge in [-0.1, -0.05) is 36.4 Å². The lowest BCUT2D eigenvalue weighted by Gasteiger charge is -2.36. The third kappa shape index (κ3) is 3.11. The Balaban J connectivity index is 1.54. The molecule has 0 atom stereocenters. The molecule has 1 aliphatic heterocycles. The van der Waals surface area contributed by atoms with E-state index >= 15 is 0 Å². The number of imidazole rings is 1. The third-order valence-electron chi connectivity index (χ3n) is 5.05. The fraction of sp³-hybridized carbons (Fsp3) is 0.227. The number of anilines is 1. The van der Waals surface area contributed by atoms with Crippen molar-refractivity contribution in [3.8, 4) is 0 Å². The minimum atomic E-state index is 0.781. The number of aromatic nitrogens is 2. The molecule has 4 aromatic rings. The number of benzene rings is 2. The zero-order chi connectivity index (χ0) is 18.2. The van der Waals surface area contributed by atoms with Crippen molar-refractivity contribution in [3.05, 3.63) is 83.8 Å². The van der Waals surface area contributed by atoms with Crippen LogP contribution in [0.15, 0.2) is 71.3 Å². The minimum absolute atomic E-state index is 0.781.